The number of hydrogen-bond acceptors (Lipinski definition) is 3. The minimum Gasteiger partial charge on any atom is -0.376 e. The summed E-state index contributed by atoms with van der Waals surface area (Å²) in [6, 6.07) is 1.99. The van der Waals surface area contributed by atoms with E-state index in [2.05, 4.69) is 4.98 Å². The second-order valence-electron chi connectivity index (χ2n) is 5.28. The molecule has 0 N–H and O–H groups in total. The lowest BCUT2D eigenvalue weighted by Crippen LogP contribution is -2.45. The van der Waals surface area contributed by atoms with Crippen LogP contribution in [0.2, 0.25) is 0 Å². The van der Waals surface area contributed by atoms with Crippen LogP contribution in [-0.4, -0.2) is 22.3 Å². The zero-order valence-corrected chi connectivity index (χ0v) is 10.2. The van der Waals surface area contributed by atoms with Crippen LogP contribution in [0.3, 0.4) is 0 Å². The summed E-state index contributed by atoms with van der Waals surface area (Å²) >= 11 is 0. The fraction of sp³-hybridized carbons (Fsp3) is 0.692. The molecule has 1 aromatic heterocycles. The third-order valence-corrected chi connectivity index (χ3v) is 4.05. The quantitative estimate of drug-likeness (QED) is 0.796. The number of hydrogen-bond donors (Lipinski definition) is 0. The molecule has 0 unspecified atom stereocenters. The van der Waals surface area contributed by atoms with Crippen LogP contribution < -0.4 is 5.69 Å². The fourth-order valence-corrected chi connectivity index (χ4v) is 2.48. The summed E-state index contributed by atoms with van der Waals surface area (Å²) in [5.74, 6) is 0.539. The summed E-state index contributed by atoms with van der Waals surface area (Å²) in [4.78, 5) is 16.1. The molecule has 4 nitrogen and oxygen atoms in total. The molecule has 0 bridgehead atoms. The van der Waals surface area contributed by atoms with Gasteiger partial charge in [-0.15, -0.1) is 0 Å². The first-order chi connectivity index (χ1) is 8.22. The van der Waals surface area contributed by atoms with Crippen LogP contribution in [0.25, 0.3) is 0 Å². The summed E-state index contributed by atoms with van der Waals surface area (Å²) in [5, 5.41) is 0. The SMILES string of the molecule is COC1(Cn2ccc(C3CC3)nc2=O)CCC1. The molecule has 17 heavy (non-hydrogen) atoms. The molecule has 1 heterocycles. The highest BCUT2D eigenvalue weighted by molar-refractivity contribution is 5.12. The van der Waals surface area contributed by atoms with Crippen LogP contribution in [-0.2, 0) is 11.3 Å². The third kappa shape index (κ3) is 2.02. The van der Waals surface area contributed by atoms with Crippen LogP contribution in [0.15, 0.2) is 17.1 Å². The van der Waals surface area contributed by atoms with Crippen molar-refractivity contribution in [3.8, 4) is 0 Å². The average Bonchev–Trinajstić information content (AvgIpc) is 3.09. The van der Waals surface area contributed by atoms with Crippen LogP contribution in [0.5, 0.6) is 0 Å². The zero-order valence-electron chi connectivity index (χ0n) is 10.2. The number of ether oxygens (including phenoxy) is 1. The summed E-state index contributed by atoms with van der Waals surface area (Å²) in [5.41, 5.74) is 0.719. The second kappa shape index (κ2) is 3.95. The first kappa shape index (κ1) is 11.0. The number of aromatic nitrogens is 2. The summed E-state index contributed by atoms with van der Waals surface area (Å²) < 4.78 is 7.22. The Morgan fingerprint density at radius 3 is 2.76 bits per heavy atom. The highest BCUT2D eigenvalue weighted by atomic mass is 16.5. The van der Waals surface area contributed by atoms with Crippen LogP contribution in [0, 0.1) is 0 Å². The van der Waals surface area contributed by atoms with E-state index in [0.29, 0.717) is 12.5 Å². The number of rotatable bonds is 4. The van der Waals surface area contributed by atoms with E-state index in [9.17, 15) is 4.79 Å². The molecule has 2 fully saturated rings. The lowest BCUT2D eigenvalue weighted by atomic mass is 9.80. The Balaban J connectivity index is 1.81. The van der Waals surface area contributed by atoms with E-state index in [4.69, 9.17) is 4.74 Å². The van der Waals surface area contributed by atoms with Crippen molar-refractivity contribution in [1.29, 1.82) is 0 Å². The minimum atomic E-state index is -0.127. The van der Waals surface area contributed by atoms with Crippen molar-refractivity contribution >= 4 is 0 Å². The van der Waals surface area contributed by atoms with Crippen molar-refractivity contribution < 1.29 is 4.74 Å². The van der Waals surface area contributed by atoms with Gasteiger partial charge in [-0.05, 0) is 38.2 Å². The standard InChI is InChI=1S/C13H18N2O2/c1-17-13(6-2-7-13)9-15-8-5-11(10-3-4-10)14-12(15)16/h5,8,10H,2-4,6-7,9H2,1H3. The normalized spacial score (nSPS) is 22.2. The molecule has 2 aliphatic carbocycles. The molecular weight excluding hydrogens is 216 g/mol. The van der Waals surface area contributed by atoms with Gasteiger partial charge in [0.15, 0.2) is 0 Å². The number of nitrogens with zero attached hydrogens (tertiary/aromatic N) is 2. The predicted molar refractivity (Wildman–Crippen MR) is 64.1 cm³/mol. The second-order valence-corrected chi connectivity index (χ2v) is 5.28. The van der Waals surface area contributed by atoms with E-state index in [0.717, 1.165) is 18.5 Å². The lowest BCUT2D eigenvalue weighted by molar-refractivity contribution is -0.0843. The molecule has 0 aromatic carbocycles. The van der Waals surface area contributed by atoms with Gasteiger partial charge in [0.2, 0.25) is 0 Å². The summed E-state index contributed by atoms with van der Waals surface area (Å²) in [6.45, 7) is 0.639. The lowest BCUT2D eigenvalue weighted by Gasteiger charge is -2.40. The topological polar surface area (TPSA) is 44.1 Å². The Morgan fingerprint density at radius 2 is 2.29 bits per heavy atom. The van der Waals surface area contributed by atoms with E-state index in [1.54, 1.807) is 11.7 Å². The molecule has 2 aliphatic rings. The van der Waals surface area contributed by atoms with Gasteiger partial charge >= 0.3 is 5.69 Å². The van der Waals surface area contributed by atoms with E-state index in [1.807, 2.05) is 12.3 Å². The Kier molecular flexibility index (Phi) is 2.54. The molecule has 3 rings (SSSR count). The van der Waals surface area contributed by atoms with Crippen molar-refractivity contribution in [3.05, 3.63) is 28.4 Å². The average molecular weight is 234 g/mol. The molecule has 92 valence electrons. The first-order valence-corrected chi connectivity index (χ1v) is 6.35. The van der Waals surface area contributed by atoms with Gasteiger partial charge in [0.1, 0.15) is 0 Å². The van der Waals surface area contributed by atoms with Gasteiger partial charge < -0.3 is 4.74 Å². The highest BCUT2D eigenvalue weighted by Gasteiger charge is 2.37. The maximum Gasteiger partial charge on any atom is 0.347 e. The molecule has 1 aromatic rings. The smallest absolute Gasteiger partial charge is 0.347 e. The monoisotopic (exact) mass is 234 g/mol. The van der Waals surface area contributed by atoms with Crippen molar-refractivity contribution in [3.63, 3.8) is 0 Å². The molecule has 0 amide bonds. The largest absolute Gasteiger partial charge is 0.376 e. The van der Waals surface area contributed by atoms with Gasteiger partial charge in [0.25, 0.3) is 0 Å². The van der Waals surface area contributed by atoms with Crippen molar-refractivity contribution in [2.45, 2.75) is 50.2 Å². The zero-order chi connectivity index (χ0) is 11.9. The molecular formula is C13H18N2O2. The van der Waals surface area contributed by atoms with Gasteiger partial charge in [0, 0.05) is 19.2 Å². The van der Waals surface area contributed by atoms with Crippen molar-refractivity contribution in [2.75, 3.05) is 7.11 Å². The molecule has 0 radical (unpaired) electrons. The summed E-state index contributed by atoms with van der Waals surface area (Å²) in [7, 11) is 1.73. The van der Waals surface area contributed by atoms with Crippen molar-refractivity contribution in [1.82, 2.24) is 9.55 Å². The third-order valence-electron chi connectivity index (χ3n) is 4.05. The maximum atomic E-state index is 11.9. The van der Waals surface area contributed by atoms with E-state index >= 15 is 0 Å². The molecule has 0 atom stereocenters. The van der Waals surface area contributed by atoms with Gasteiger partial charge in [0.05, 0.1) is 17.8 Å². The Labute approximate surface area is 101 Å². The summed E-state index contributed by atoms with van der Waals surface area (Å²) in [6.07, 6.45) is 7.51. The van der Waals surface area contributed by atoms with Gasteiger partial charge in [-0.2, -0.15) is 4.98 Å². The molecule has 0 saturated heterocycles. The Morgan fingerprint density at radius 1 is 1.53 bits per heavy atom. The van der Waals surface area contributed by atoms with Crippen LogP contribution >= 0.6 is 0 Å². The van der Waals surface area contributed by atoms with E-state index < -0.39 is 0 Å². The maximum absolute atomic E-state index is 11.9. The Hall–Kier alpha value is -1.16. The molecule has 0 aliphatic heterocycles. The van der Waals surface area contributed by atoms with E-state index in [-0.39, 0.29) is 11.3 Å². The molecule has 2 saturated carbocycles. The number of methoxy groups -OCH3 is 1. The fourth-order valence-electron chi connectivity index (χ4n) is 2.48. The minimum absolute atomic E-state index is 0.118. The van der Waals surface area contributed by atoms with Gasteiger partial charge in [-0.25, -0.2) is 4.79 Å². The van der Waals surface area contributed by atoms with Crippen LogP contribution in [0.4, 0.5) is 0 Å². The Bertz CT molecular complexity index is 467. The molecule has 0 spiro atoms. The van der Waals surface area contributed by atoms with Crippen molar-refractivity contribution in [2.24, 2.45) is 0 Å². The first-order valence-electron chi connectivity index (χ1n) is 6.35. The highest BCUT2D eigenvalue weighted by Crippen LogP contribution is 2.38. The molecule has 4 heteroatoms. The van der Waals surface area contributed by atoms with Crippen LogP contribution in [0.1, 0.15) is 43.7 Å². The van der Waals surface area contributed by atoms with Gasteiger partial charge in [-0.3, -0.25) is 4.57 Å². The van der Waals surface area contributed by atoms with Gasteiger partial charge in [-0.1, -0.05) is 0 Å². The van der Waals surface area contributed by atoms with E-state index in [1.165, 1.54) is 19.3 Å². The predicted octanol–water partition coefficient (Wildman–Crippen LogP) is 1.69.